The summed E-state index contributed by atoms with van der Waals surface area (Å²) in [6, 6.07) is 20.7. The maximum Gasteiger partial charge on any atom is 0.317 e. The Bertz CT molecular complexity index is 2700. The van der Waals surface area contributed by atoms with Gasteiger partial charge in [-0.05, 0) is 175 Å². The zero-order valence-electron chi connectivity index (χ0n) is 39.8. The molecule has 2 aromatic heterocycles. The Kier molecular flexibility index (Phi) is 17.0. The average Bonchev–Trinajstić information content (AvgIpc) is 3.96. The first kappa shape index (κ1) is 48.8. The van der Waals surface area contributed by atoms with Crippen LogP contribution in [0.25, 0.3) is 44.1 Å². The molecule has 2 aliphatic heterocycles. The molecule has 4 heterocycles. The highest BCUT2D eigenvalue weighted by Crippen LogP contribution is 2.36. The van der Waals surface area contributed by atoms with Crippen molar-refractivity contribution in [1.29, 1.82) is 0 Å². The number of fused-ring (bicyclic) bond motifs is 2. The van der Waals surface area contributed by atoms with Crippen LogP contribution in [0.15, 0.2) is 65.7 Å². The first-order valence-electron chi connectivity index (χ1n) is 23.4. The fourth-order valence-electron chi connectivity index (χ4n) is 8.94. The molecule has 4 amide bonds. The number of isocyanates is 1. The molecule has 14 nitrogen and oxygen atoms in total. The second kappa shape index (κ2) is 23.0. The predicted molar refractivity (Wildman–Crippen MR) is 264 cm³/mol. The van der Waals surface area contributed by atoms with Crippen LogP contribution in [0, 0.1) is 27.7 Å². The van der Waals surface area contributed by atoms with Crippen LogP contribution >= 0.6 is 0 Å². The summed E-state index contributed by atoms with van der Waals surface area (Å²) in [4.78, 5) is 51.0. The molecule has 0 spiro atoms. The number of amides is 4. The molecule has 0 atom stereocenters. The third-order valence-electron chi connectivity index (χ3n) is 12.8. The zero-order chi connectivity index (χ0) is 47.3. The molecule has 6 N–H and O–H groups in total. The highest BCUT2D eigenvalue weighted by Gasteiger charge is 2.26. The number of hydrogen-bond acceptors (Lipinski definition) is 8. The number of nitrogens with zero attached hydrogens (tertiary/aromatic N) is 4. The molecular formula is C52H66N10O4. The lowest BCUT2D eigenvalue weighted by molar-refractivity contribution is 0.0947. The minimum Gasteiger partial charge on any atom is -0.352 e. The highest BCUT2D eigenvalue weighted by atomic mass is 16.2. The van der Waals surface area contributed by atoms with E-state index in [2.05, 4.69) is 104 Å². The zero-order valence-corrected chi connectivity index (χ0v) is 39.8. The Morgan fingerprint density at radius 1 is 0.652 bits per heavy atom. The van der Waals surface area contributed by atoms with Crippen LogP contribution in [-0.4, -0.2) is 102 Å². The second-order valence-electron chi connectivity index (χ2n) is 17.1. The van der Waals surface area contributed by atoms with E-state index in [0.29, 0.717) is 49.1 Å². The summed E-state index contributed by atoms with van der Waals surface area (Å²) < 4.78 is 0. The van der Waals surface area contributed by atoms with E-state index in [4.69, 9.17) is 4.79 Å². The summed E-state index contributed by atoms with van der Waals surface area (Å²) in [6.45, 7) is 21.9. The number of aliphatic imine (C=N–C) groups is 1. The van der Waals surface area contributed by atoms with E-state index in [-0.39, 0.29) is 17.8 Å². The van der Waals surface area contributed by atoms with Crippen LogP contribution in [0.3, 0.4) is 0 Å². The van der Waals surface area contributed by atoms with Crippen molar-refractivity contribution in [3.63, 3.8) is 0 Å². The number of likely N-dealkylation sites (tertiary alicyclic amines) is 1. The summed E-state index contributed by atoms with van der Waals surface area (Å²) >= 11 is 0. The van der Waals surface area contributed by atoms with E-state index in [0.717, 1.165) is 113 Å². The van der Waals surface area contributed by atoms with Gasteiger partial charge < -0.3 is 26.2 Å². The molecule has 0 unspecified atom stereocenters. The van der Waals surface area contributed by atoms with Gasteiger partial charge in [0.05, 0.1) is 11.0 Å². The van der Waals surface area contributed by atoms with Crippen molar-refractivity contribution in [3.05, 3.63) is 105 Å². The number of benzene rings is 4. The number of carbonyl (C=O) groups is 3. The summed E-state index contributed by atoms with van der Waals surface area (Å²) in [5.41, 5.74) is 14.6. The largest absolute Gasteiger partial charge is 0.352 e. The normalized spacial score (nSPS) is 14.1. The number of piperidine rings is 2. The fourth-order valence-corrected chi connectivity index (χ4v) is 8.94. The molecular weight excluding hydrogens is 829 g/mol. The lowest BCUT2D eigenvalue weighted by Gasteiger charge is -2.31. The van der Waals surface area contributed by atoms with Gasteiger partial charge in [0.25, 0.3) is 11.8 Å². The lowest BCUT2D eigenvalue weighted by atomic mass is 9.90. The number of hydrogen-bond donors (Lipinski definition) is 6. The smallest absolute Gasteiger partial charge is 0.317 e. The quantitative estimate of drug-likeness (QED) is 0.0585. The van der Waals surface area contributed by atoms with E-state index < -0.39 is 0 Å². The van der Waals surface area contributed by atoms with Gasteiger partial charge in [-0.3, -0.25) is 19.8 Å². The first-order valence-corrected chi connectivity index (χ1v) is 23.4. The summed E-state index contributed by atoms with van der Waals surface area (Å²) in [5.74, 6) is 0.823. The Morgan fingerprint density at radius 3 is 1.52 bits per heavy atom. The standard InChI is InChI=1S/C26H33N5O2.C23H28N4O.C3H5NO/c1-5-27-25(32)20-13-16(3)17(4)22(14-20)19-7-8-21-23(15-19)29-30-24(21)18-9-11-31(12-10-18)26(33)28-6-2;1-4-25-23(28)18-11-14(2)15(3)20(12-18)17-5-6-19-21(13-17)26-27-22(19)16-7-9-24-10-8-16;1-2-4-3-5/h7-8,13-15,18H,5-6,9-12H2,1-4H3,(H,27,32)(H,28,33)(H,29,30);5-6,11-13,16,24H,4,7-10H2,1-3H3,(H,25,28)(H,26,27);2H2,1H3. The number of aromatic nitrogens is 4. The van der Waals surface area contributed by atoms with Crippen molar-refractivity contribution < 1.29 is 19.2 Å². The number of aromatic amines is 2. The molecule has 0 aliphatic carbocycles. The molecule has 2 saturated heterocycles. The number of rotatable bonds is 10. The van der Waals surface area contributed by atoms with Gasteiger partial charge in [-0.25, -0.2) is 14.6 Å². The minimum absolute atomic E-state index is 0.0237. The molecule has 2 aliphatic rings. The number of nitrogens with one attached hydrogen (secondary N) is 6. The Morgan fingerprint density at radius 2 is 1.11 bits per heavy atom. The molecule has 6 aromatic rings. The predicted octanol–water partition coefficient (Wildman–Crippen LogP) is 8.91. The molecule has 2 fully saturated rings. The van der Waals surface area contributed by atoms with Gasteiger partial charge in [0.15, 0.2) is 0 Å². The number of urea groups is 1. The number of H-pyrrole nitrogens is 2. The minimum atomic E-state index is -0.0519. The van der Waals surface area contributed by atoms with Crippen molar-refractivity contribution in [2.75, 3.05) is 52.4 Å². The fraction of sp³-hybridized carbons (Fsp3) is 0.423. The van der Waals surface area contributed by atoms with Gasteiger partial charge in [-0.15, -0.1) is 0 Å². The van der Waals surface area contributed by atoms with Crippen molar-refractivity contribution >= 4 is 45.7 Å². The Balaban J connectivity index is 0.000000200. The van der Waals surface area contributed by atoms with Crippen molar-refractivity contribution in [2.45, 2.75) is 92.9 Å². The highest BCUT2D eigenvalue weighted by molar-refractivity contribution is 5.98. The molecule has 14 heteroatoms. The maximum atomic E-state index is 12.4. The topological polar surface area (TPSA) is 189 Å². The lowest BCUT2D eigenvalue weighted by Crippen LogP contribution is -2.44. The summed E-state index contributed by atoms with van der Waals surface area (Å²) in [7, 11) is 0. The molecule has 66 heavy (non-hydrogen) atoms. The Labute approximate surface area is 388 Å². The third-order valence-corrected chi connectivity index (χ3v) is 12.8. The van der Waals surface area contributed by atoms with E-state index >= 15 is 0 Å². The van der Waals surface area contributed by atoms with Crippen LogP contribution < -0.4 is 21.3 Å². The van der Waals surface area contributed by atoms with Gasteiger partial charge in [0, 0.05) is 84.4 Å². The molecule has 0 radical (unpaired) electrons. The van der Waals surface area contributed by atoms with E-state index in [1.807, 2.05) is 56.9 Å². The van der Waals surface area contributed by atoms with E-state index in [1.165, 1.54) is 22.7 Å². The molecule has 0 bridgehead atoms. The van der Waals surface area contributed by atoms with Crippen molar-refractivity contribution in [2.24, 2.45) is 4.99 Å². The van der Waals surface area contributed by atoms with Crippen LogP contribution in [-0.2, 0) is 4.79 Å². The molecule has 8 rings (SSSR count). The van der Waals surface area contributed by atoms with Gasteiger partial charge in [-0.2, -0.15) is 10.2 Å². The first-order chi connectivity index (χ1) is 31.9. The SMILES string of the molecule is CCN=C=O.CCNC(=O)c1cc(C)c(C)c(-c2ccc3c(C4CCN(C(=O)NCC)CC4)[nH]nc3c2)c1.CCNC(=O)c1cc(C)c(C)c(-c2ccc3c(C4CCNCC4)[nH]nc3c2)c1. The van der Waals surface area contributed by atoms with Crippen molar-refractivity contribution in [1.82, 2.24) is 46.6 Å². The van der Waals surface area contributed by atoms with Crippen LogP contribution in [0.2, 0.25) is 0 Å². The summed E-state index contributed by atoms with van der Waals surface area (Å²) in [5, 5.41) is 30.2. The number of aryl methyl sites for hydroxylation is 2. The average molecular weight is 895 g/mol. The third kappa shape index (κ3) is 11.4. The van der Waals surface area contributed by atoms with Gasteiger partial charge in [0.1, 0.15) is 0 Å². The molecule has 348 valence electrons. The molecule has 4 aromatic carbocycles. The van der Waals surface area contributed by atoms with Crippen LogP contribution in [0.4, 0.5) is 4.79 Å². The van der Waals surface area contributed by atoms with E-state index in [1.54, 1.807) is 6.92 Å². The Hall–Kier alpha value is -6.63. The molecule has 0 saturated carbocycles. The van der Waals surface area contributed by atoms with Crippen LogP contribution in [0.1, 0.15) is 120 Å². The van der Waals surface area contributed by atoms with E-state index in [9.17, 15) is 14.4 Å². The van der Waals surface area contributed by atoms with Gasteiger partial charge >= 0.3 is 6.03 Å². The monoisotopic (exact) mass is 895 g/mol. The van der Waals surface area contributed by atoms with Crippen molar-refractivity contribution in [3.8, 4) is 22.3 Å². The summed E-state index contributed by atoms with van der Waals surface area (Å²) in [6.07, 6.45) is 5.52. The number of carbonyl (C=O) groups excluding carboxylic acids is 4. The van der Waals surface area contributed by atoms with Gasteiger partial charge in [-0.1, -0.05) is 24.3 Å². The maximum absolute atomic E-state index is 12.4. The van der Waals surface area contributed by atoms with Gasteiger partial charge in [0.2, 0.25) is 6.08 Å². The second-order valence-corrected chi connectivity index (χ2v) is 17.1. The van der Waals surface area contributed by atoms with Crippen LogP contribution in [0.5, 0.6) is 0 Å².